The van der Waals surface area contributed by atoms with E-state index in [9.17, 15) is 9.59 Å². The summed E-state index contributed by atoms with van der Waals surface area (Å²) in [4.78, 5) is 22.6. The highest BCUT2D eigenvalue weighted by Gasteiger charge is 2.22. The van der Waals surface area contributed by atoms with Crippen molar-refractivity contribution >= 4 is 11.9 Å². The van der Waals surface area contributed by atoms with Crippen molar-refractivity contribution in [2.75, 3.05) is 0 Å². The molecular formula is C11H16N2O4. The van der Waals surface area contributed by atoms with Gasteiger partial charge < -0.3 is 14.9 Å². The summed E-state index contributed by atoms with van der Waals surface area (Å²) < 4.78 is 4.76. The van der Waals surface area contributed by atoms with Crippen LogP contribution in [0, 0.1) is 6.92 Å². The number of nitrogens with one attached hydrogen (secondary N) is 1. The average Bonchev–Trinajstić information content (AvgIpc) is 2.70. The van der Waals surface area contributed by atoms with E-state index in [2.05, 4.69) is 10.5 Å². The molecule has 6 heteroatoms. The Morgan fingerprint density at radius 3 is 2.76 bits per heavy atom. The number of aromatic nitrogens is 1. The number of rotatable bonds is 6. The first-order valence-corrected chi connectivity index (χ1v) is 5.51. The molecule has 0 aliphatic carbocycles. The molecule has 94 valence electrons. The van der Waals surface area contributed by atoms with Crippen molar-refractivity contribution in [3.8, 4) is 0 Å². The van der Waals surface area contributed by atoms with Crippen LogP contribution in [0.1, 0.15) is 42.3 Å². The van der Waals surface area contributed by atoms with E-state index in [1.54, 1.807) is 6.92 Å². The number of hydrogen-bond donors (Lipinski definition) is 2. The van der Waals surface area contributed by atoms with Crippen molar-refractivity contribution in [2.45, 2.75) is 39.2 Å². The lowest BCUT2D eigenvalue weighted by atomic mass is 10.1. The van der Waals surface area contributed by atoms with Crippen molar-refractivity contribution in [3.05, 3.63) is 17.5 Å². The zero-order valence-electron chi connectivity index (χ0n) is 9.90. The monoisotopic (exact) mass is 240 g/mol. The molecule has 1 rings (SSSR count). The third-order valence-corrected chi connectivity index (χ3v) is 2.40. The minimum atomic E-state index is -1.04. The second-order valence-electron chi connectivity index (χ2n) is 3.84. The smallest absolute Gasteiger partial charge is 0.326 e. The van der Waals surface area contributed by atoms with Gasteiger partial charge >= 0.3 is 5.97 Å². The molecule has 1 atom stereocenters. The molecule has 0 saturated heterocycles. The van der Waals surface area contributed by atoms with Gasteiger partial charge in [0.05, 0.1) is 6.20 Å². The third-order valence-electron chi connectivity index (χ3n) is 2.40. The lowest BCUT2D eigenvalue weighted by Gasteiger charge is -2.12. The molecule has 0 fully saturated rings. The molecular weight excluding hydrogens is 224 g/mol. The number of carbonyl (C=O) groups excluding carboxylic acids is 1. The SMILES string of the molecule is CCCCC(NC(=O)c1oncc1C)C(=O)O. The van der Waals surface area contributed by atoms with E-state index in [0.717, 1.165) is 12.8 Å². The van der Waals surface area contributed by atoms with Crippen molar-refractivity contribution in [3.63, 3.8) is 0 Å². The van der Waals surface area contributed by atoms with E-state index in [0.29, 0.717) is 12.0 Å². The third kappa shape index (κ3) is 3.58. The molecule has 0 aliphatic rings. The average molecular weight is 240 g/mol. The van der Waals surface area contributed by atoms with Crippen LogP contribution in [0.4, 0.5) is 0 Å². The van der Waals surface area contributed by atoms with Gasteiger partial charge in [-0.1, -0.05) is 24.9 Å². The molecule has 2 N–H and O–H groups in total. The molecule has 1 amide bonds. The summed E-state index contributed by atoms with van der Waals surface area (Å²) in [5.74, 6) is -1.51. The number of aliphatic carboxylic acids is 1. The maximum Gasteiger partial charge on any atom is 0.326 e. The quantitative estimate of drug-likeness (QED) is 0.783. The fourth-order valence-electron chi connectivity index (χ4n) is 1.40. The summed E-state index contributed by atoms with van der Waals surface area (Å²) in [6, 6.07) is -0.882. The van der Waals surface area contributed by atoms with Crippen LogP contribution < -0.4 is 5.32 Å². The van der Waals surface area contributed by atoms with Gasteiger partial charge in [-0.15, -0.1) is 0 Å². The topological polar surface area (TPSA) is 92.4 Å². The molecule has 0 bridgehead atoms. The van der Waals surface area contributed by atoms with Crippen molar-refractivity contribution in [1.29, 1.82) is 0 Å². The first-order chi connectivity index (χ1) is 8.06. The van der Waals surface area contributed by atoms with Crippen LogP contribution in [0.5, 0.6) is 0 Å². The summed E-state index contributed by atoms with van der Waals surface area (Å²) in [6.45, 7) is 3.63. The molecule has 6 nitrogen and oxygen atoms in total. The predicted molar refractivity (Wildman–Crippen MR) is 59.7 cm³/mol. The molecule has 1 aromatic rings. The largest absolute Gasteiger partial charge is 0.480 e. The standard InChI is InChI=1S/C11H16N2O4/c1-3-4-5-8(11(15)16)13-10(14)9-7(2)6-12-17-9/h6,8H,3-5H2,1-2H3,(H,13,14)(H,15,16). The summed E-state index contributed by atoms with van der Waals surface area (Å²) in [5.41, 5.74) is 0.585. The Balaban J connectivity index is 2.64. The molecule has 0 spiro atoms. The molecule has 0 aliphatic heterocycles. The minimum Gasteiger partial charge on any atom is -0.480 e. The number of amides is 1. The maximum atomic E-state index is 11.7. The number of carboxylic acid groups (broad SMARTS) is 1. The normalized spacial score (nSPS) is 12.1. The summed E-state index contributed by atoms with van der Waals surface area (Å²) in [7, 11) is 0. The molecule has 0 aromatic carbocycles. The number of carbonyl (C=O) groups is 2. The number of carboxylic acids is 1. The number of unbranched alkanes of at least 4 members (excludes halogenated alkanes) is 1. The second-order valence-corrected chi connectivity index (χ2v) is 3.84. The Hall–Kier alpha value is -1.85. The van der Waals surface area contributed by atoms with Crippen LogP contribution in [0.2, 0.25) is 0 Å². The van der Waals surface area contributed by atoms with Gasteiger partial charge in [-0.05, 0) is 13.3 Å². The van der Waals surface area contributed by atoms with Gasteiger partial charge in [0.2, 0.25) is 5.76 Å². The first-order valence-electron chi connectivity index (χ1n) is 5.51. The van der Waals surface area contributed by atoms with E-state index in [1.807, 2.05) is 6.92 Å². The van der Waals surface area contributed by atoms with E-state index in [4.69, 9.17) is 9.63 Å². The molecule has 0 saturated carbocycles. The molecule has 1 unspecified atom stereocenters. The Morgan fingerprint density at radius 1 is 1.59 bits per heavy atom. The van der Waals surface area contributed by atoms with E-state index in [1.165, 1.54) is 6.20 Å². The van der Waals surface area contributed by atoms with Crippen molar-refractivity contribution < 1.29 is 19.2 Å². The van der Waals surface area contributed by atoms with Crippen LogP contribution in [0.25, 0.3) is 0 Å². The zero-order valence-corrected chi connectivity index (χ0v) is 9.90. The van der Waals surface area contributed by atoms with E-state index >= 15 is 0 Å². The molecule has 1 heterocycles. The summed E-state index contributed by atoms with van der Waals surface area (Å²) in [6.07, 6.45) is 3.44. The first kappa shape index (κ1) is 13.2. The van der Waals surface area contributed by atoms with Crippen LogP contribution in [-0.2, 0) is 4.79 Å². The highest BCUT2D eigenvalue weighted by molar-refractivity contribution is 5.95. The molecule has 17 heavy (non-hydrogen) atoms. The number of aryl methyl sites for hydroxylation is 1. The molecule has 1 aromatic heterocycles. The van der Waals surface area contributed by atoms with E-state index in [-0.39, 0.29) is 5.76 Å². The van der Waals surface area contributed by atoms with Crippen LogP contribution in [0.3, 0.4) is 0 Å². The van der Waals surface area contributed by atoms with Gasteiger partial charge in [0.1, 0.15) is 6.04 Å². The van der Waals surface area contributed by atoms with Crippen molar-refractivity contribution in [2.24, 2.45) is 0 Å². The Kier molecular flexibility index (Phi) is 4.68. The van der Waals surface area contributed by atoms with Gasteiger partial charge in [-0.2, -0.15) is 0 Å². The minimum absolute atomic E-state index is 0.0627. The Bertz CT molecular complexity index is 400. The van der Waals surface area contributed by atoms with Crippen molar-refractivity contribution in [1.82, 2.24) is 10.5 Å². The Labute approximate surface area is 99.0 Å². The van der Waals surface area contributed by atoms with Gasteiger partial charge in [-0.3, -0.25) is 4.79 Å². The van der Waals surface area contributed by atoms with E-state index < -0.39 is 17.9 Å². The Morgan fingerprint density at radius 2 is 2.29 bits per heavy atom. The van der Waals surface area contributed by atoms with Gasteiger partial charge in [0.15, 0.2) is 0 Å². The highest BCUT2D eigenvalue weighted by atomic mass is 16.5. The lowest BCUT2D eigenvalue weighted by molar-refractivity contribution is -0.139. The second kappa shape index (κ2) is 6.03. The summed E-state index contributed by atoms with van der Waals surface area (Å²) in [5, 5.41) is 14.9. The fraction of sp³-hybridized carbons (Fsp3) is 0.545. The van der Waals surface area contributed by atoms with Gasteiger partial charge in [0, 0.05) is 5.56 Å². The van der Waals surface area contributed by atoms with Crippen LogP contribution in [0.15, 0.2) is 10.7 Å². The highest BCUT2D eigenvalue weighted by Crippen LogP contribution is 2.07. The lowest BCUT2D eigenvalue weighted by Crippen LogP contribution is -2.40. The predicted octanol–water partition coefficient (Wildman–Crippen LogP) is 1.36. The fourth-order valence-corrected chi connectivity index (χ4v) is 1.40. The number of nitrogens with zero attached hydrogens (tertiary/aromatic N) is 1. The van der Waals surface area contributed by atoms with Gasteiger partial charge in [0.25, 0.3) is 5.91 Å². The zero-order chi connectivity index (χ0) is 12.8. The van der Waals surface area contributed by atoms with Crippen LogP contribution >= 0.6 is 0 Å². The maximum absolute atomic E-state index is 11.7. The number of hydrogen-bond acceptors (Lipinski definition) is 4. The van der Waals surface area contributed by atoms with Crippen LogP contribution in [-0.4, -0.2) is 28.2 Å². The van der Waals surface area contributed by atoms with Gasteiger partial charge in [-0.25, -0.2) is 4.79 Å². The molecule has 0 radical (unpaired) electrons. The summed E-state index contributed by atoms with van der Waals surface area (Å²) >= 11 is 0.